The standard InChI is InChI=1S/C12H13FO2S/c1-9(14)16-8-3-2-5-10-6-4-7-11(13)12(10)15/h2,4-7,15H,3,8H2,1H3. The lowest BCUT2D eigenvalue weighted by molar-refractivity contribution is -0.109. The first-order valence-electron chi connectivity index (χ1n) is 4.88. The van der Waals surface area contributed by atoms with Gasteiger partial charge in [-0.05, 0) is 12.5 Å². The van der Waals surface area contributed by atoms with Crippen LogP contribution in [0.15, 0.2) is 24.3 Å². The zero-order valence-corrected chi connectivity index (χ0v) is 9.76. The highest BCUT2D eigenvalue weighted by atomic mass is 32.2. The van der Waals surface area contributed by atoms with Gasteiger partial charge in [0.05, 0.1) is 0 Å². The van der Waals surface area contributed by atoms with E-state index in [0.29, 0.717) is 17.7 Å². The molecule has 0 spiro atoms. The first-order chi connectivity index (χ1) is 7.61. The smallest absolute Gasteiger partial charge is 0.185 e. The Bertz CT molecular complexity index is 402. The highest BCUT2D eigenvalue weighted by Gasteiger charge is 2.02. The summed E-state index contributed by atoms with van der Waals surface area (Å²) >= 11 is 1.25. The molecule has 0 fully saturated rings. The Morgan fingerprint density at radius 3 is 3.00 bits per heavy atom. The molecule has 0 unspecified atom stereocenters. The molecule has 0 heterocycles. The molecule has 1 aromatic carbocycles. The molecule has 0 aliphatic carbocycles. The predicted molar refractivity (Wildman–Crippen MR) is 64.9 cm³/mol. The number of phenolic OH excluding ortho intramolecular Hbond substituents is 1. The lowest BCUT2D eigenvalue weighted by atomic mass is 10.1. The quantitative estimate of drug-likeness (QED) is 0.821. The van der Waals surface area contributed by atoms with Gasteiger partial charge in [-0.25, -0.2) is 4.39 Å². The predicted octanol–water partition coefficient (Wildman–Crippen LogP) is 3.21. The molecule has 0 atom stereocenters. The molecular weight excluding hydrogens is 227 g/mol. The molecule has 1 aromatic rings. The average Bonchev–Trinajstić information content (AvgIpc) is 2.23. The number of carbonyl (C=O) groups is 1. The molecule has 4 heteroatoms. The fourth-order valence-corrected chi connectivity index (χ4v) is 1.69. The second-order valence-electron chi connectivity index (χ2n) is 3.21. The molecule has 0 saturated heterocycles. The second kappa shape index (κ2) is 6.33. The van der Waals surface area contributed by atoms with Gasteiger partial charge in [0, 0.05) is 18.2 Å². The van der Waals surface area contributed by atoms with E-state index in [1.54, 1.807) is 18.2 Å². The van der Waals surface area contributed by atoms with Gasteiger partial charge in [0.2, 0.25) is 0 Å². The molecule has 86 valence electrons. The van der Waals surface area contributed by atoms with Crippen LogP contribution in [0.4, 0.5) is 4.39 Å². The first kappa shape index (κ1) is 12.8. The highest BCUT2D eigenvalue weighted by Crippen LogP contribution is 2.22. The minimum absolute atomic E-state index is 0.0852. The van der Waals surface area contributed by atoms with Gasteiger partial charge >= 0.3 is 0 Å². The van der Waals surface area contributed by atoms with E-state index in [0.717, 1.165) is 0 Å². The number of phenols is 1. The van der Waals surface area contributed by atoms with Crippen LogP contribution in [0.2, 0.25) is 0 Å². The Kier molecular flexibility index (Phi) is 5.05. The van der Waals surface area contributed by atoms with Gasteiger partial charge in [-0.15, -0.1) is 0 Å². The van der Waals surface area contributed by atoms with Crippen LogP contribution in [0.25, 0.3) is 6.08 Å². The normalized spacial score (nSPS) is 10.9. The van der Waals surface area contributed by atoms with E-state index >= 15 is 0 Å². The molecule has 0 amide bonds. The van der Waals surface area contributed by atoms with Crippen LogP contribution in [0.5, 0.6) is 5.75 Å². The van der Waals surface area contributed by atoms with Crippen molar-refractivity contribution in [2.75, 3.05) is 5.75 Å². The van der Waals surface area contributed by atoms with Crippen molar-refractivity contribution in [3.63, 3.8) is 0 Å². The summed E-state index contributed by atoms with van der Waals surface area (Å²) in [6.07, 6.45) is 4.17. The van der Waals surface area contributed by atoms with Crippen LogP contribution < -0.4 is 0 Å². The number of carbonyl (C=O) groups excluding carboxylic acids is 1. The molecule has 0 aliphatic heterocycles. The summed E-state index contributed by atoms with van der Waals surface area (Å²) in [6, 6.07) is 4.38. The van der Waals surface area contributed by atoms with E-state index in [1.165, 1.54) is 24.8 Å². The van der Waals surface area contributed by atoms with Crippen LogP contribution in [-0.2, 0) is 4.79 Å². The Balaban J connectivity index is 2.50. The number of hydrogen-bond donors (Lipinski definition) is 1. The zero-order chi connectivity index (χ0) is 12.0. The molecule has 0 aliphatic rings. The SMILES string of the molecule is CC(=O)SCCC=Cc1cccc(F)c1O. The van der Waals surface area contributed by atoms with Gasteiger partial charge in [0.1, 0.15) is 0 Å². The number of thioether (sulfide) groups is 1. The number of allylic oxidation sites excluding steroid dienone is 1. The highest BCUT2D eigenvalue weighted by molar-refractivity contribution is 8.13. The van der Waals surface area contributed by atoms with Crippen molar-refractivity contribution < 1.29 is 14.3 Å². The van der Waals surface area contributed by atoms with Gasteiger partial charge in [0.25, 0.3) is 0 Å². The molecular formula is C12H13FO2S. The monoisotopic (exact) mass is 240 g/mol. The van der Waals surface area contributed by atoms with Crippen molar-refractivity contribution in [1.82, 2.24) is 0 Å². The Labute approximate surface area is 98.2 Å². The van der Waals surface area contributed by atoms with E-state index in [2.05, 4.69) is 0 Å². The van der Waals surface area contributed by atoms with Crippen molar-refractivity contribution >= 4 is 23.0 Å². The average molecular weight is 240 g/mol. The van der Waals surface area contributed by atoms with E-state index in [9.17, 15) is 14.3 Å². The number of benzene rings is 1. The summed E-state index contributed by atoms with van der Waals surface area (Å²) in [6.45, 7) is 1.52. The lowest BCUT2D eigenvalue weighted by Crippen LogP contribution is -1.84. The maximum atomic E-state index is 12.9. The van der Waals surface area contributed by atoms with E-state index in [1.807, 2.05) is 6.08 Å². The van der Waals surface area contributed by atoms with Crippen LogP contribution in [0.3, 0.4) is 0 Å². The molecule has 16 heavy (non-hydrogen) atoms. The maximum Gasteiger partial charge on any atom is 0.185 e. The third-order valence-corrected chi connectivity index (χ3v) is 2.75. The van der Waals surface area contributed by atoms with Crippen molar-refractivity contribution in [3.05, 3.63) is 35.7 Å². The van der Waals surface area contributed by atoms with Crippen LogP contribution in [-0.4, -0.2) is 16.0 Å². The molecule has 0 bridgehead atoms. The number of hydrogen-bond acceptors (Lipinski definition) is 3. The topological polar surface area (TPSA) is 37.3 Å². The van der Waals surface area contributed by atoms with Gasteiger partial charge in [-0.3, -0.25) is 4.79 Å². The Morgan fingerprint density at radius 1 is 1.56 bits per heavy atom. The lowest BCUT2D eigenvalue weighted by Gasteiger charge is -1.99. The van der Waals surface area contributed by atoms with Crippen molar-refractivity contribution in [3.8, 4) is 5.75 Å². The number of para-hydroxylation sites is 1. The first-order valence-corrected chi connectivity index (χ1v) is 5.87. The number of halogens is 1. The number of aromatic hydroxyl groups is 1. The summed E-state index contributed by atoms with van der Waals surface area (Å²) in [5.74, 6) is -0.264. The van der Waals surface area contributed by atoms with Crippen molar-refractivity contribution in [2.45, 2.75) is 13.3 Å². The van der Waals surface area contributed by atoms with E-state index in [-0.39, 0.29) is 10.9 Å². The van der Waals surface area contributed by atoms with Crippen LogP contribution >= 0.6 is 11.8 Å². The summed E-state index contributed by atoms with van der Waals surface area (Å²) in [5.41, 5.74) is 0.452. The van der Waals surface area contributed by atoms with Gasteiger partial charge in [-0.1, -0.05) is 36.0 Å². The third kappa shape index (κ3) is 4.06. The van der Waals surface area contributed by atoms with Gasteiger partial charge in [-0.2, -0.15) is 0 Å². The zero-order valence-electron chi connectivity index (χ0n) is 8.94. The van der Waals surface area contributed by atoms with Crippen LogP contribution in [0, 0.1) is 5.82 Å². The second-order valence-corrected chi connectivity index (χ2v) is 4.48. The van der Waals surface area contributed by atoms with Crippen molar-refractivity contribution in [2.24, 2.45) is 0 Å². The largest absolute Gasteiger partial charge is 0.504 e. The Hall–Kier alpha value is -1.29. The van der Waals surface area contributed by atoms with Gasteiger partial charge < -0.3 is 5.11 Å². The summed E-state index contributed by atoms with van der Waals surface area (Å²) in [4.78, 5) is 10.6. The van der Waals surface area contributed by atoms with E-state index in [4.69, 9.17) is 0 Å². The van der Waals surface area contributed by atoms with E-state index < -0.39 is 5.82 Å². The fourth-order valence-electron chi connectivity index (χ4n) is 1.15. The molecule has 1 rings (SSSR count). The molecule has 0 saturated carbocycles. The van der Waals surface area contributed by atoms with Crippen LogP contribution in [0.1, 0.15) is 18.9 Å². The minimum atomic E-state index is -0.625. The van der Waals surface area contributed by atoms with Crippen molar-refractivity contribution in [1.29, 1.82) is 0 Å². The maximum absolute atomic E-state index is 12.9. The molecule has 0 radical (unpaired) electrons. The third-order valence-electron chi connectivity index (χ3n) is 1.91. The molecule has 2 nitrogen and oxygen atoms in total. The summed E-state index contributed by atoms with van der Waals surface area (Å²) in [5, 5.41) is 9.44. The fraction of sp³-hybridized carbons (Fsp3) is 0.250. The molecule has 0 aromatic heterocycles. The van der Waals surface area contributed by atoms with Gasteiger partial charge in [0.15, 0.2) is 16.7 Å². The summed E-state index contributed by atoms with van der Waals surface area (Å²) < 4.78 is 12.9. The Morgan fingerprint density at radius 2 is 2.31 bits per heavy atom. The number of rotatable bonds is 4. The minimum Gasteiger partial charge on any atom is -0.504 e. The molecule has 1 N–H and O–H groups in total. The summed E-state index contributed by atoms with van der Waals surface area (Å²) in [7, 11) is 0.